The quantitative estimate of drug-likeness (QED) is 0.687. The van der Waals surface area contributed by atoms with Gasteiger partial charge in [0, 0.05) is 25.9 Å². The van der Waals surface area contributed by atoms with Gasteiger partial charge >= 0.3 is 5.97 Å². The molecule has 1 heterocycles. The van der Waals surface area contributed by atoms with Crippen LogP contribution in [0.25, 0.3) is 0 Å². The first-order valence-electron chi connectivity index (χ1n) is 7.36. The first-order chi connectivity index (χ1) is 9.59. The Kier molecular flexibility index (Phi) is 7.69. The number of hydrogen-bond donors (Lipinski definition) is 2. The molecule has 6 nitrogen and oxygen atoms in total. The molecule has 0 aliphatic carbocycles. The van der Waals surface area contributed by atoms with E-state index in [9.17, 15) is 14.4 Å². The van der Waals surface area contributed by atoms with Crippen molar-refractivity contribution in [1.82, 2.24) is 10.2 Å². The van der Waals surface area contributed by atoms with Gasteiger partial charge in [-0.1, -0.05) is 12.8 Å². The molecule has 2 N–H and O–H groups in total. The van der Waals surface area contributed by atoms with Crippen molar-refractivity contribution in [3.63, 3.8) is 0 Å². The van der Waals surface area contributed by atoms with Crippen molar-refractivity contribution in [1.29, 1.82) is 0 Å². The number of nitrogens with one attached hydrogen (secondary N) is 1. The fraction of sp³-hybridized carbons (Fsp3) is 0.786. The highest BCUT2D eigenvalue weighted by Gasteiger charge is 2.17. The van der Waals surface area contributed by atoms with E-state index >= 15 is 0 Å². The lowest BCUT2D eigenvalue weighted by molar-refractivity contribution is -0.137. The maximum absolute atomic E-state index is 11.8. The Morgan fingerprint density at radius 2 is 1.90 bits per heavy atom. The van der Waals surface area contributed by atoms with Crippen LogP contribution in [0.3, 0.4) is 0 Å². The molecule has 1 aliphatic rings. The molecular weight excluding hydrogens is 260 g/mol. The van der Waals surface area contributed by atoms with Crippen LogP contribution in [0.4, 0.5) is 0 Å². The largest absolute Gasteiger partial charge is 0.481 e. The zero-order valence-corrected chi connectivity index (χ0v) is 11.9. The van der Waals surface area contributed by atoms with Crippen LogP contribution in [-0.4, -0.2) is 47.4 Å². The van der Waals surface area contributed by atoms with Crippen LogP contribution in [0.15, 0.2) is 0 Å². The molecular formula is C14H24N2O4. The SMILES string of the molecule is O=C(O)CCCCNC(=O)CN1CCCCCCC1=O. The molecule has 1 rings (SSSR count). The average Bonchev–Trinajstić information content (AvgIpc) is 2.38. The number of likely N-dealkylation sites (tertiary alicyclic amines) is 1. The Bertz CT molecular complexity index is 344. The van der Waals surface area contributed by atoms with Gasteiger partial charge in [0.15, 0.2) is 0 Å². The molecule has 0 aromatic rings. The van der Waals surface area contributed by atoms with Gasteiger partial charge < -0.3 is 15.3 Å². The van der Waals surface area contributed by atoms with Crippen molar-refractivity contribution in [2.45, 2.75) is 51.4 Å². The predicted molar refractivity (Wildman–Crippen MR) is 74.2 cm³/mol. The highest BCUT2D eigenvalue weighted by molar-refractivity contribution is 5.84. The molecule has 0 unspecified atom stereocenters. The number of hydrogen-bond acceptors (Lipinski definition) is 3. The molecule has 0 aromatic heterocycles. The third-order valence-electron chi connectivity index (χ3n) is 3.40. The van der Waals surface area contributed by atoms with Crippen molar-refractivity contribution in [3.8, 4) is 0 Å². The predicted octanol–water partition coefficient (Wildman–Crippen LogP) is 1.15. The molecule has 0 saturated carbocycles. The molecule has 6 heteroatoms. The van der Waals surface area contributed by atoms with E-state index < -0.39 is 5.97 Å². The summed E-state index contributed by atoms with van der Waals surface area (Å²) in [4.78, 5) is 35.5. The molecule has 2 amide bonds. The van der Waals surface area contributed by atoms with E-state index in [0.29, 0.717) is 32.4 Å². The lowest BCUT2D eigenvalue weighted by Gasteiger charge is -2.24. The third-order valence-corrected chi connectivity index (χ3v) is 3.40. The number of aliphatic carboxylic acids is 1. The van der Waals surface area contributed by atoms with Gasteiger partial charge in [-0.25, -0.2) is 0 Å². The number of carbonyl (C=O) groups excluding carboxylic acids is 2. The topological polar surface area (TPSA) is 86.7 Å². The maximum atomic E-state index is 11.8. The Morgan fingerprint density at radius 3 is 2.65 bits per heavy atom. The lowest BCUT2D eigenvalue weighted by Crippen LogP contribution is -2.41. The molecule has 1 aliphatic heterocycles. The number of rotatable bonds is 7. The molecule has 20 heavy (non-hydrogen) atoms. The van der Waals surface area contributed by atoms with Crippen LogP contribution < -0.4 is 5.32 Å². The summed E-state index contributed by atoms with van der Waals surface area (Å²) in [7, 11) is 0. The summed E-state index contributed by atoms with van der Waals surface area (Å²) < 4.78 is 0. The van der Waals surface area contributed by atoms with Gasteiger partial charge in [0.25, 0.3) is 0 Å². The molecule has 0 aromatic carbocycles. The number of unbranched alkanes of at least 4 members (excludes halogenated alkanes) is 1. The van der Waals surface area contributed by atoms with E-state index in [4.69, 9.17) is 5.11 Å². The van der Waals surface area contributed by atoms with Crippen LogP contribution in [-0.2, 0) is 14.4 Å². The third kappa shape index (κ3) is 7.11. The summed E-state index contributed by atoms with van der Waals surface area (Å²) in [6, 6.07) is 0. The molecule has 0 radical (unpaired) electrons. The van der Waals surface area contributed by atoms with Gasteiger partial charge in [-0.05, 0) is 25.7 Å². The van der Waals surface area contributed by atoms with Crippen LogP contribution >= 0.6 is 0 Å². The van der Waals surface area contributed by atoms with E-state index in [1.165, 1.54) is 0 Å². The second-order valence-electron chi connectivity index (χ2n) is 5.18. The van der Waals surface area contributed by atoms with E-state index in [2.05, 4.69) is 5.32 Å². The van der Waals surface area contributed by atoms with E-state index in [0.717, 1.165) is 25.7 Å². The standard InChI is InChI=1S/C14H24N2O4/c17-12(15-9-5-4-8-14(19)20)11-16-10-6-2-1-3-7-13(16)18/h1-11H2,(H,15,17)(H,19,20). The zero-order chi connectivity index (χ0) is 14.8. The number of amides is 2. The summed E-state index contributed by atoms with van der Waals surface area (Å²) in [6.45, 7) is 1.25. The number of nitrogens with zero attached hydrogens (tertiary/aromatic N) is 1. The minimum Gasteiger partial charge on any atom is -0.481 e. The van der Waals surface area contributed by atoms with E-state index in [1.54, 1.807) is 4.90 Å². The highest BCUT2D eigenvalue weighted by Crippen LogP contribution is 2.11. The first kappa shape index (κ1) is 16.5. The lowest BCUT2D eigenvalue weighted by atomic mass is 10.1. The Hall–Kier alpha value is -1.59. The monoisotopic (exact) mass is 284 g/mol. The second kappa shape index (κ2) is 9.34. The van der Waals surface area contributed by atoms with Gasteiger partial charge in [0.2, 0.25) is 11.8 Å². The van der Waals surface area contributed by atoms with Gasteiger partial charge in [0.1, 0.15) is 0 Å². The molecule has 1 saturated heterocycles. The Morgan fingerprint density at radius 1 is 1.15 bits per heavy atom. The minimum absolute atomic E-state index is 0.0609. The molecule has 0 bridgehead atoms. The average molecular weight is 284 g/mol. The molecule has 1 fully saturated rings. The van der Waals surface area contributed by atoms with Gasteiger partial charge in [0.05, 0.1) is 6.54 Å². The maximum Gasteiger partial charge on any atom is 0.303 e. The zero-order valence-electron chi connectivity index (χ0n) is 11.9. The van der Waals surface area contributed by atoms with Crippen LogP contribution in [0.5, 0.6) is 0 Å². The van der Waals surface area contributed by atoms with Crippen molar-refractivity contribution in [2.75, 3.05) is 19.6 Å². The number of carbonyl (C=O) groups is 3. The summed E-state index contributed by atoms with van der Waals surface area (Å²) in [6.07, 6.45) is 5.93. The minimum atomic E-state index is -0.817. The Labute approximate surface area is 119 Å². The highest BCUT2D eigenvalue weighted by atomic mass is 16.4. The van der Waals surface area contributed by atoms with Crippen LogP contribution in [0.1, 0.15) is 51.4 Å². The normalized spacial score (nSPS) is 16.4. The van der Waals surface area contributed by atoms with Crippen molar-refractivity contribution in [3.05, 3.63) is 0 Å². The fourth-order valence-electron chi connectivity index (χ4n) is 2.24. The van der Waals surface area contributed by atoms with Crippen molar-refractivity contribution < 1.29 is 19.5 Å². The van der Waals surface area contributed by atoms with Gasteiger partial charge in [-0.2, -0.15) is 0 Å². The molecule has 0 atom stereocenters. The molecule has 0 spiro atoms. The van der Waals surface area contributed by atoms with E-state index in [-0.39, 0.29) is 24.8 Å². The van der Waals surface area contributed by atoms with E-state index in [1.807, 2.05) is 0 Å². The second-order valence-corrected chi connectivity index (χ2v) is 5.18. The Balaban J connectivity index is 2.19. The van der Waals surface area contributed by atoms with Crippen LogP contribution in [0, 0.1) is 0 Å². The summed E-state index contributed by atoms with van der Waals surface area (Å²) in [5, 5.41) is 11.2. The summed E-state index contributed by atoms with van der Waals surface area (Å²) in [5.41, 5.74) is 0. The molecule has 114 valence electrons. The number of carboxylic acid groups (broad SMARTS) is 1. The fourth-order valence-corrected chi connectivity index (χ4v) is 2.24. The van der Waals surface area contributed by atoms with Crippen molar-refractivity contribution >= 4 is 17.8 Å². The summed E-state index contributed by atoms with van der Waals surface area (Å²) in [5.74, 6) is -0.914. The van der Waals surface area contributed by atoms with Gasteiger partial charge in [-0.15, -0.1) is 0 Å². The van der Waals surface area contributed by atoms with Gasteiger partial charge in [-0.3, -0.25) is 14.4 Å². The number of carboxylic acids is 1. The van der Waals surface area contributed by atoms with Crippen LogP contribution in [0.2, 0.25) is 0 Å². The smallest absolute Gasteiger partial charge is 0.303 e. The van der Waals surface area contributed by atoms with Crippen molar-refractivity contribution in [2.24, 2.45) is 0 Å². The summed E-state index contributed by atoms with van der Waals surface area (Å²) >= 11 is 0. The first-order valence-corrected chi connectivity index (χ1v) is 7.36.